The summed E-state index contributed by atoms with van der Waals surface area (Å²) in [5.74, 6) is -0.700. The van der Waals surface area contributed by atoms with E-state index in [0.29, 0.717) is 0 Å². The molecule has 0 amide bonds. The van der Waals surface area contributed by atoms with Crippen molar-refractivity contribution in [1.82, 2.24) is 4.98 Å². The molecule has 60 valence electrons. The van der Waals surface area contributed by atoms with Gasteiger partial charge in [0, 0.05) is 17.3 Å². The van der Waals surface area contributed by atoms with Crippen molar-refractivity contribution < 1.29 is 13.2 Å². The van der Waals surface area contributed by atoms with Crippen LogP contribution in [0, 0.1) is 12.9 Å². The molecule has 0 bridgehead atoms. The van der Waals surface area contributed by atoms with Gasteiger partial charge in [-0.3, -0.25) is 0 Å². The fourth-order valence-electron chi connectivity index (χ4n) is 0.699. The lowest BCUT2D eigenvalue weighted by atomic mass is 10.2. The first-order valence-corrected chi connectivity index (χ1v) is 3.01. The minimum absolute atomic E-state index is 0.141. The van der Waals surface area contributed by atoms with E-state index in [1.807, 2.05) is 0 Å². The van der Waals surface area contributed by atoms with Crippen LogP contribution in [0.15, 0.2) is 12.3 Å². The smallest absolute Gasteiger partial charge is 0.228 e. The lowest BCUT2D eigenvalue weighted by molar-refractivity contribution is 0.150. The van der Waals surface area contributed by atoms with Gasteiger partial charge in [-0.15, -0.1) is 0 Å². The number of halogens is 3. The Hall–Kier alpha value is -1.06. The van der Waals surface area contributed by atoms with Crippen LogP contribution in [0.25, 0.3) is 0 Å². The van der Waals surface area contributed by atoms with Gasteiger partial charge >= 0.3 is 0 Å². The van der Waals surface area contributed by atoms with Crippen molar-refractivity contribution >= 4 is 0 Å². The fourth-order valence-corrected chi connectivity index (χ4v) is 0.699. The van der Waals surface area contributed by atoms with E-state index in [-0.39, 0.29) is 11.1 Å². The second kappa shape index (κ2) is 2.90. The molecule has 1 nitrogen and oxygen atoms in total. The molecule has 0 saturated carbocycles. The van der Waals surface area contributed by atoms with Gasteiger partial charge < -0.3 is 0 Å². The summed E-state index contributed by atoms with van der Waals surface area (Å²) in [6.07, 6.45) is -1.74. The van der Waals surface area contributed by atoms with Gasteiger partial charge in [-0.2, -0.15) is 4.39 Å². The lowest BCUT2D eigenvalue weighted by Crippen LogP contribution is -1.92. The number of rotatable bonds is 1. The van der Waals surface area contributed by atoms with Crippen LogP contribution in [0.4, 0.5) is 13.2 Å². The van der Waals surface area contributed by atoms with Crippen LogP contribution >= 0.6 is 0 Å². The molecule has 0 unspecified atom stereocenters. The molecule has 0 aliphatic heterocycles. The molecule has 0 radical (unpaired) electrons. The topological polar surface area (TPSA) is 12.9 Å². The maximum atomic E-state index is 12.4. The highest BCUT2D eigenvalue weighted by Crippen LogP contribution is 2.18. The Labute approximate surface area is 61.9 Å². The van der Waals surface area contributed by atoms with Crippen LogP contribution in [-0.2, 0) is 0 Å². The zero-order valence-electron chi connectivity index (χ0n) is 5.81. The molecule has 1 aromatic rings. The number of aromatic nitrogens is 1. The first kappa shape index (κ1) is 8.04. The molecule has 0 aliphatic carbocycles. The molecule has 1 rings (SSSR count). The van der Waals surface area contributed by atoms with Crippen LogP contribution in [0.5, 0.6) is 0 Å². The summed E-state index contributed by atoms with van der Waals surface area (Å²) in [5.41, 5.74) is -0.105. The van der Waals surface area contributed by atoms with E-state index in [1.165, 1.54) is 6.92 Å². The normalized spacial score (nSPS) is 10.6. The molecule has 4 heteroatoms. The van der Waals surface area contributed by atoms with Crippen LogP contribution in [0.1, 0.15) is 17.6 Å². The van der Waals surface area contributed by atoms with Gasteiger partial charge in [-0.1, -0.05) is 0 Å². The van der Waals surface area contributed by atoms with E-state index >= 15 is 0 Å². The van der Waals surface area contributed by atoms with Gasteiger partial charge in [0.1, 0.15) is 0 Å². The molecule has 0 atom stereocenters. The molecule has 11 heavy (non-hydrogen) atoms. The van der Waals surface area contributed by atoms with E-state index in [9.17, 15) is 13.2 Å². The van der Waals surface area contributed by atoms with E-state index in [1.54, 1.807) is 0 Å². The predicted molar refractivity (Wildman–Crippen MR) is 33.9 cm³/mol. The number of alkyl halides is 2. The second-order valence-corrected chi connectivity index (χ2v) is 2.18. The highest BCUT2D eigenvalue weighted by atomic mass is 19.3. The van der Waals surface area contributed by atoms with E-state index in [2.05, 4.69) is 4.98 Å². The zero-order chi connectivity index (χ0) is 8.43. The molecule has 0 aliphatic rings. The number of nitrogens with zero attached hydrogens (tertiary/aromatic N) is 1. The average molecular weight is 161 g/mol. The summed E-state index contributed by atoms with van der Waals surface area (Å²) in [6, 6.07) is 1.09. The zero-order valence-corrected chi connectivity index (χ0v) is 5.81. The Bertz CT molecular complexity index is 260. The molecular weight excluding hydrogens is 155 g/mol. The van der Waals surface area contributed by atoms with Crippen LogP contribution in [-0.4, -0.2) is 4.98 Å². The quantitative estimate of drug-likeness (QED) is 0.576. The highest BCUT2D eigenvalue weighted by Gasteiger charge is 2.08. The molecule has 1 aromatic heterocycles. The molecule has 0 N–H and O–H groups in total. The number of hydrogen-bond donors (Lipinski definition) is 0. The minimum atomic E-state index is -2.58. The van der Waals surface area contributed by atoms with Gasteiger partial charge in [0.25, 0.3) is 6.43 Å². The standard InChI is InChI=1S/C7H6F3N/c1-4-2-5(6(8)9)3-11-7(4)10/h2-3,6H,1H3. The number of pyridine rings is 1. The maximum absolute atomic E-state index is 12.4. The van der Waals surface area contributed by atoms with E-state index in [0.717, 1.165) is 12.3 Å². The van der Waals surface area contributed by atoms with E-state index < -0.39 is 12.4 Å². The molecule has 0 fully saturated rings. The summed E-state index contributed by atoms with van der Waals surface area (Å²) in [6.45, 7) is 1.40. The third-order valence-corrected chi connectivity index (χ3v) is 1.29. The molecule has 0 aromatic carbocycles. The van der Waals surface area contributed by atoms with Crippen molar-refractivity contribution in [2.24, 2.45) is 0 Å². The Morgan fingerprint density at radius 1 is 1.45 bits per heavy atom. The molecule has 1 heterocycles. The molecule has 0 spiro atoms. The maximum Gasteiger partial charge on any atom is 0.265 e. The SMILES string of the molecule is Cc1cc(C(F)F)cnc1F. The van der Waals surface area contributed by atoms with Gasteiger partial charge in [0.05, 0.1) is 0 Å². The van der Waals surface area contributed by atoms with Crippen molar-refractivity contribution in [2.75, 3.05) is 0 Å². The monoisotopic (exact) mass is 161 g/mol. The van der Waals surface area contributed by atoms with Crippen molar-refractivity contribution in [3.8, 4) is 0 Å². The third-order valence-electron chi connectivity index (χ3n) is 1.29. The molecule has 0 saturated heterocycles. The minimum Gasteiger partial charge on any atom is -0.228 e. The van der Waals surface area contributed by atoms with Gasteiger partial charge in [-0.05, 0) is 13.0 Å². The van der Waals surface area contributed by atoms with Crippen LogP contribution in [0.3, 0.4) is 0 Å². The van der Waals surface area contributed by atoms with Gasteiger partial charge in [0.2, 0.25) is 5.95 Å². The Balaban J connectivity index is 3.05. The van der Waals surface area contributed by atoms with Crippen molar-refractivity contribution in [2.45, 2.75) is 13.3 Å². The average Bonchev–Trinajstić information content (AvgIpc) is 1.94. The third kappa shape index (κ3) is 1.69. The van der Waals surface area contributed by atoms with E-state index in [4.69, 9.17) is 0 Å². The largest absolute Gasteiger partial charge is 0.265 e. The highest BCUT2D eigenvalue weighted by molar-refractivity contribution is 5.18. The van der Waals surface area contributed by atoms with Crippen LogP contribution < -0.4 is 0 Å². The predicted octanol–water partition coefficient (Wildman–Crippen LogP) is 2.47. The first-order chi connectivity index (χ1) is 5.11. The summed E-state index contributed by atoms with van der Waals surface area (Å²) in [5, 5.41) is 0. The van der Waals surface area contributed by atoms with Gasteiger partial charge in [0.15, 0.2) is 0 Å². The summed E-state index contributed by atoms with van der Waals surface area (Å²) in [4.78, 5) is 3.15. The second-order valence-electron chi connectivity index (χ2n) is 2.18. The van der Waals surface area contributed by atoms with Crippen molar-refractivity contribution in [3.05, 3.63) is 29.3 Å². The summed E-state index contributed by atoms with van der Waals surface area (Å²) >= 11 is 0. The number of hydrogen-bond acceptors (Lipinski definition) is 1. The Kier molecular flexibility index (Phi) is 2.12. The lowest BCUT2D eigenvalue weighted by Gasteiger charge is -1.99. The van der Waals surface area contributed by atoms with Crippen molar-refractivity contribution in [3.63, 3.8) is 0 Å². The van der Waals surface area contributed by atoms with Crippen LogP contribution in [0.2, 0.25) is 0 Å². The summed E-state index contributed by atoms with van der Waals surface area (Å²) in [7, 11) is 0. The Morgan fingerprint density at radius 3 is 2.55 bits per heavy atom. The number of aryl methyl sites for hydroxylation is 1. The Morgan fingerprint density at radius 2 is 2.09 bits per heavy atom. The molecular formula is C7H6F3N. The van der Waals surface area contributed by atoms with Crippen molar-refractivity contribution in [1.29, 1.82) is 0 Å². The summed E-state index contributed by atoms with van der Waals surface area (Å²) < 4.78 is 36.2. The van der Waals surface area contributed by atoms with Gasteiger partial charge in [-0.25, -0.2) is 13.8 Å². The first-order valence-electron chi connectivity index (χ1n) is 3.01. The fraction of sp³-hybridized carbons (Fsp3) is 0.286.